The molecule has 12 heteroatoms. The number of rotatable bonds is 7. The van der Waals surface area contributed by atoms with E-state index in [0.29, 0.717) is 30.4 Å². The van der Waals surface area contributed by atoms with Crippen molar-refractivity contribution >= 4 is 27.5 Å². The number of alkyl halides is 3. The molecular formula is C24H26F3N5O3S. The number of piperazine rings is 1. The van der Waals surface area contributed by atoms with Crippen LogP contribution in [-0.2, 0) is 22.0 Å². The molecule has 3 aromatic rings. The smallest absolute Gasteiger partial charge is 0.416 e. The highest BCUT2D eigenvalue weighted by Crippen LogP contribution is 2.29. The molecule has 0 spiro atoms. The van der Waals surface area contributed by atoms with E-state index in [-0.39, 0.29) is 18.8 Å². The highest BCUT2D eigenvalue weighted by molar-refractivity contribution is 7.88. The van der Waals surface area contributed by atoms with Gasteiger partial charge < -0.3 is 15.0 Å². The molecule has 1 aliphatic rings. The first-order valence-corrected chi connectivity index (χ1v) is 12.8. The monoisotopic (exact) mass is 521 g/mol. The van der Waals surface area contributed by atoms with Crippen LogP contribution in [0.3, 0.4) is 0 Å². The fourth-order valence-corrected chi connectivity index (χ4v) is 5.35. The normalized spacial score (nSPS) is 15.1. The largest absolute Gasteiger partial charge is 0.497 e. The van der Waals surface area contributed by atoms with E-state index in [1.807, 2.05) is 42.2 Å². The van der Waals surface area contributed by atoms with Gasteiger partial charge in [-0.1, -0.05) is 12.1 Å². The molecule has 36 heavy (non-hydrogen) atoms. The van der Waals surface area contributed by atoms with Crippen LogP contribution in [0.4, 0.5) is 30.6 Å². The Morgan fingerprint density at radius 2 is 1.61 bits per heavy atom. The molecule has 1 saturated heterocycles. The molecule has 4 rings (SSSR count). The number of nitrogens with zero attached hydrogens (tertiary/aromatic N) is 4. The Morgan fingerprint density at radius 3 is 2.19 bits per heavy atom. The molecule has 0 unspecified atom stereocenters. The van der Waals surface area contributed by atoms with E-state index < -0.39 is 21.8 Å². The van der Waals surface area contributed by atoms with Crippen LogP contribution in [-0.4, -0.2) is 56.0 Å². The number of hydrogen-bond donors (Lipinski definition) is 1. The fraction of sp³-hybridized carbons (Fsp3) is 0.333. The Morgan fingerprint density at radius 1 is 0.972 bits per heavy atom. The maximum atomic E-state index is 12.9. The summed E-state index contributed by atoms with van der Waals surface area (Å²) < 4.78 is 70.6. The average molecular weight is 522 g/mol. The molecule has 0 amide bonds. The van der Waals surface area contributed by atoms with Gasteiger partial charge in [-0.25, -0.2) is 13.4 Å². The summed E-state index contributed by atoms with van der Waals surface area (Å²) >= 11 is 0. The van der Waals surface area contributed by atoms with Gasteiger partial charge in [-0.2, -0.15) is 22.5 Å². The number of methoxy groups -OCH3 is 1. The van der Waals surface area contributed by atoms with Gasteiger partial charge in [0.2, 0.25) is 16.0 Å². The second kappa shape index (κ2) is 10.3. The number of halogens is 3. The first-order chi connectivity index (χ1) is 17.0. The van der Waals surface area contributed by atoms with E-state index in [9.17, 15) is 21.6 Å². The molecule has 1 N–H and O–H groups in total. The van der Waals surface area contributed by atoms with Crippen LogP contribution in [0.1, 0.15) is 16.8 Å². The van der Waals surface area contributed by atoms with E-state index in [4.69, 9.17) is 4.74 Å². The van der Waals surface area contributed by atoms with Crippen LogP contribution < -0.4 is 15.0 Å². The van der Waals surface area contributed by atoms with E-state index in [2.05, 4.69) is 15.3 Å². The Bertz CT molecular complexity index is 1290. The molecule has 0 atom stereocenters. The minimum absolute atomic E-state index is 0.224. The van der Waals surface area contributed by atoms with Crippen molar-refractivity contribution in [3.05, 3.63) is 71.4 Å². The summed E-state index contributed by atoms with van der Waals surface area (Å²) in [6.45, 7) is 3.08. The Kier molecular flexibility index (Phi) is 7.36. The highest BCUT2D eigenvalue weighted by atomic mass is 32.2. The van der Waals surface area contributed by atoms with Gasteiger partial charge in [-0.05, 0) is 48.9 Å². The lowest BCUT2D eigenvalue weighted by Crippen LogP contribution is -2.49. The van der Waals surface area contributed by atoms with Crippen LogP contribution in [0.15, 0.2) is 54.6 Å². The third kappa shape index (κ3) is 6.24. The molecule has 1 aromatic heterocycles. The van der Waals surface area contributed by atoms with Crippen LogP contribution in [0.5, 0.6) is 5.75 Å². The van der Waals surface area contributed by atoms with Crippen molar-refractivity contribution < 1.29 is 26.3 Å². The number of sulfonamides is 1. The van der Waals surface area contributed by atoms with E-state index in [1.165, 1.54) is 16.4 Å². The lowest BCUT2D eigenvalue weighted by molar-refractivity contribution is -0.137. The van der Waals surface area contributed by atoms with Gasteiger partial charge in [0.05, 0.1) is 18.4 Å². The van der Waals surface area contributed by atoms with Gasteiger partial charge in [0.1, 0.15) is 11.6 Å². The first-order valence-electron chi connectivity index (χ1n) is 11.2. The molecule has 0 aliphatic carbocycles. The SMILES string of the molecule is COc1ccc(Nc2cc(C)nc(N3CCN(S(=O)(=O)Cc4ccc(C(F)(F)F)cc4)CC3)n2)cc1. The Hall–Kier alpha value is -3.38. The molecule has 2 aromatic carbocycles. The van der Waals surface area contributed by atoms with Gasteiger partial charge in [-0.15, -0.1) is 0 Å². The molecule has 1 aliphatic heterocycles. The van der Waals surface area contributed by atoms with Crippen molar-refractivity contribution in [2.24, 2.45) is 0 Å². The number of ether oxygens (including phenoxy) is 1. The number of hydrogen-bond acceptors (Lipinski definition) is 7. The van der Waals surface area contributed by atoms with Crippen molar-refractivity contribution in [3.8, 4) is 5.75 Å². The zero-order valence-electron chi connectivity index (χ0n) is 19.8. The highest BCUT2D eigenvalue weighted by Gasteiger charge is 2.31. The number of aromatic nitrogens is 2. The summed E-state index contributed by atoms with van der Waals surface area (Å²) in [5.74, 6) is 1.49. The zero-order chi connectivity index (χ0) is 25.9. The quantitative estimate of drug-likeness (QED) is 0.499. The van der Waals surface area contributed by atoms with Gasteiger partial charge in [0.15, 0.2) is 0 Å². The van der Waals surface area contributed by atoms with Crippen molar-refractivity contribution in [1.82, 2.24) is 14.3 Å². The molecule has 8 nitrogen and oxygen atoms in total. The summed E-state index contributed by atoms with van der Waals surface area (Å²) in [5, 5.41) is 3.24. The van der Waals surface area contributed by atoms with Crippen LogP contribution >= 0.6 is 0 Å². The van der Waals surface area contributed by atoms with Crippen molar-refractivity contribution in [2.45, 2.75) is 18.9 Å². The second-order valence-corrected chi connectivity index (χ2v) is 10.4. The van der Waals surface area contributed by atoms with Gasteiger partial charge >= 0.3 is 6.18 Å². The second-order valence-electron chi connectivity index (χ2n) is 8.39. The van der Waals surface area contributed by atoms with Crippen molar-refractivity contribution in [2.75, 3.05) is 43.5 Å². The van der Waals surface area contributed by atoms with Crippen LogP contribution in [0.2, 0.25) is 0 Å². The molecule has 0 radical (unpaired) electrons. The molecular weight excluding hydrogens is 495 g/mol. The first kappa shape index (κ1) is 25.7. The zero-order valence-corrected chi connectivity index (χ0v) is 20.6. The number of anilines is 3. The predicted molar refractivity (Wildman–Crippen MR) is 131 cm³/mol. The van der Waals surface area contributed by atoms with Crippen molar-refractivity contribution in [3.63, 3.8) is 0 Å². The Balaban J connectivity index is 1.39. The fourth-order valence-electron chi connectivity index (χ4n) is 3.84. The summed E-state index contributed by atoms with van der Waals surface area (Å²) in [4.78, 5) is 11.0. The minimum Gasteiger partial charge on any atom is -0.497 e. The third-order valence-corrected chi connectivity index (χ3v) is 7.60. The predicted octanol–water partition coefficient (Wildman–Crippen LogP) is 4.21. The summed E-state index contributed by atoms with van der Waals surface area (Å²) in [6.07, 6.45) is -4.46. The van der Waals surface area contributed by atoms with E-state index in [0.717, 1.165) is 29.3 Å². The lowest BCUT2D eigenvalue weighted by Gasteiger charge is -2.34. The summed E-state index contributed by atoms with van der Waals surface area (Å²) in [5.41, 5.74) is 1.09. The molecule has 0 bridgehead atoms. The van der Waals surface area contributed by atoms with Gasteiger partial charge in [0, 0.05) is 43.6 Å². The third-order valence-electron chi connectivity index (χ3n) is 5.75. The molecule has 2 heterocycles. The van der Waals surface area contributed by atoms with Crippen LogP contribution in [0.25, 0.3) is 0 Å². The summed E-state index contributed by atoms with van der Waals surface area (Å²) in [7, 11) is -2.09. The molecule has 1 fully saturated rings. The number of benzene rings is 2. The topological polar surface area (TPSA) is 87.7 Å². The Labute approximate surface area is 207 Å². The van der Waals surface area contributed by atoms with E-state index >= 15 is 0 Å². The lowest BCUT2D eigenvalue weighted by atomic mass is 10.1. The van der Waals surface area contributed by atoms with Crippen LogP contribution in [0, 0.1) is 6.92 Å². The minimum atomic E-state index is -4.46. The molecule has 0 saturated carbocycles. The number of aryl methyl sites for hydroxylation is 1. The average Bonchev–Trinajstić information content (AvgIpc) is 2.84. The molecule has 192 valence electrons. The van der Waals surface area contributed by atoms with E-state index in [1.54, 1.807) is 7.11 Å². The van der Waals surface area contributed by atoms with Gasteiger partial charge in [-0.3, -0.25) is 0 Å². The maximum absolute atomic E-state index is 12.9. The number of nitrogens with one attached hydrogen (secondary N) is 1. The maximum Gasteiger partial charge on any atom is 0.416 e. The standard InChI is InChI=1S/C24H26F3N5O3S/c1-17-15-22(29-20-7-9-21(35-2)10-8-20)30-23(28-17)31-11-13-32(14-12-31)36(33,34)16-18-3-5-19(6-4-18)24(25,26)27/h3-10,15H,11-14,16H2,1-2H3,(H,28,29,30). The van der Waals surface area contributed by atoms with Crippen molar-refractivity contribution in [1.29, 1.82) is 0 Å². The summed E-state index contributed by atoms with van der Waals surface area (Å²) in [6, 6.07) is 13.4. The van der Waals surface area contributed by atoms with Gasteiger partial charge in [0.25, 0.3) is 0 Å².